The topological polar surface area (TPSA) is 26.3 Å². The SMILES string of the molecule is C=C(/C=C/c1ccccc1OC)CCC(C)=O. The maximum absolute atomic E-state index is 10.8. The molecule has 0 aliphatic carbocycles. The zero-order valence-corrected chi connectivity index (χ0v) is 10.4. The van der Waals surface area contributed by atoms with Crippen molar-refractivity contribution < 1.29 is 9.53 Å². The van der Waals surface area contributed by atoms with Gasteiger partial charge in [0.2, 0.25) is 0 Å². The zero-order chi connectivity index (χ0) is 12.7. The first-order chi connectivity index (χ1) is 8.13. The van der Waals surface area contributed by atoms with E-state index in [2.05, 4.69) is 6.58 Å². The lowest BCUT2D eigenvalue weighted by molar-refractivity contribution is -0.116. The van der Waals surface area contributed by atoms with E-state index in [0.29, 0.717) is 12.8 Å². The molecule has 2 heteroatoms. The monoisotopic (exact) mass is 230 g/mol. The first-order valence-electron chi connectivity index (χ1n) is 5.62. The Morgan fingerprint density at radius 1 is 1.35 bits per heavy atom. The Hall–Kier alpha value is -1.83. The van der Waals surface area contributed by atoms with Gasteiger partial charge in [0.1, 0.15) is 11.5 Å². The fourth-order valence-electron chi connectivity index (χ4n) is 1.43. The third-order valence-electron chi connectivity index (χ3n) is 2.44. The van der Waals surface area contributed by atoms with Crippen molar-refractivity contribution >= 4 is 11.9 Å². The lowest BCUT2D eigenvalue weighted by Crippen LogP contribution is -1.90. The van der Waals surface area contributed by atoms with Crippen LogP contribution in [0.5, 0.6) is 5.75 Å². The van der Waals surface area contributed by atoms with Crippen LogP contribution in [-0.2, 0) is 4.79 Å². The number of rotatable bonds is 6. The Morgan fingerprint density at radius 2 is 2.06 bits per heavy atom. The van der Waals surface area contributed by atoms with Gasteiger partial charge in [0.05, 0.1) is 7.11 Å². The minimum Gasteiger partial charge on any atom is -0.496 e. The van der Waals surface area contributed by atoms with Crippen LogP contribution in [0.15, 0.2) is 42.5 Å². The van der Waals surface area contributed by atoms with Crippen molar-refractivity contribution in [3.8, 4) is 5.75 Å². The Bertz CT molecular complexity index is 430. The van der Waals surface area contributed by atoms with E-state index in [1.807, 2.05) is 36.4 Å². The summed E-state index contributed by atoms with van der Waals surface area (Å²) in [7, 11) is 1.65. The van der Waals surface area contributed by atoms with Gasteiger partial charge in [-0.1, -0.05) is 42.5 Å². The average molecular weight is 230 g/mol. The van der Waals surface area contributed by atoms with E-state index in [1.165, 1.54) is 0 Å². The van der Waals surface area contributed by atoms with Crippen molar-refractivity contribution in [1.82, 2.24) is 0 Å². The molecule has 0 spiro atoms. The predicted molar refractivity (Wildman–Crippen MR) is 71.1 cm³/mol. The van der Waals surface area contributed by atoms with Crippen molar-refractivity contribution in [3.63, 3.8) is 0 Å². The summed E-state index contributed by atoms with van der Waals surface area (Å²) < 4.78 is 5.24. The van der Waals surface area contributed by atoms with Gasteiger partial charge >= 0.3 is 0 Å². The number of para-hydroxylation sites is 1. The maximum atomic E-state index is 10.8. The summed E-state index contributed by atoms with van der Waals surface area (Å²) in [6, 6.07) is 7.78. The third-order valence-corrected chi connectivity index (χ3v) is 2.44. The number of allylic oxidation sites excluding steroid dienone is 2. The first-order valence-corrected chi connectivity index (χ1v) is 5.62. The van der Waals surface area contributed by atoms with Gasteiger partial charge in [-0.05, 0) is 19.4 Å². The van der Waals surface area contributed by atoms with Crippen LogP contribution in [0.25, 0.3) is 6.08 Å². The molecule has 2 nitrogen and oxygen atoms in total. The Labute approximate surface area is 103 Å². The second kappa shape index (κ2) is 6.69. The second-order valence-electron chi connectivity index (χ2n) is 3.94. The molecule has 0 bridgehead atoms. The maximum Gasteiger partial charge on any atom is 0.130 e. The largest absolute Gasteiger partial charge is 0.496 e. The van der Waals surface area contributed by atoms with Gasteiger partial charge in [-0.2, -0.15) is 0 Å². The van der Waals surface area contributed by atoms with Gasteiger partial charge in [0.25, 0.3) is 0 Å². The van der Waals surface area contributed by atoms with Gasteiger partial charge < -0.3 is 9.53 Å². The number of benzene rings is 1. The van der Waals surface area contributed by atoms with Gasteiger partial charge in [0, 0.05) is 12.0 Å². The predicted octanol–water partition coefficient (Wildman–Crippen LogP) is 3.63. The summed E-state index contributed by atoms with van der Waals surface area (Å²) in [4.78, 5) is 10.8. The van der Waals surface area contributed by atoms with Crippen molar-refractivity contribution in [1.29, 1.82) is 0 Å². The van der Waals surface area contributed by atoms with Crippen LogP contribution >= 0.6 is 0 Å². The smallest absolute Gasteiger partial charge is 0.130 e. The summed E-state index contributed by atoms with van der Waals surface area (Å²) in [6.07, 6.45) is 5.15. The summed E-state index contributed by atoms with van der Waals surface area (Å²) in [6.45, 7) is 5.51. The summed E-state index contributed by atoms with van der Waals surface area (Å²) in [5.74, 6) is 1.03. The average Bonchev–Trinajstić information content (AvgIpc) is 2.34. The van der Waals surface area contributed by atoms with E-state index in [4.69, 9.17) is 4.74 Å². The Morgan fingerprint density at radius 3 is 2.71 bits per heavy atom. The number of ketones is 1. The molecule has 1 aromatic carbocycles. The molecule has 0 amide bonds. The molecule has 1 rings (SSSR count). The Kier molecular flexibility index (Phi) is 5.21. The molecular formula is C15H18O2. The molecule has 0 fully saturated rings. The van der Waals surface area contributed by atoms with E-state index in [-0.39, 0.29) is 5.78 Å². The highest BCUT2D eigenvalue weighted by molar-refractivity contribution is 5.75. The van der Waals surface area contributed by atoms with Gasteiger partial charge in [-0.3, -0.25) is 0 Å². The lowest BCUT2D eigenvalue weighted by Gasteiger charge is -2.03. The number of hydrogen-bond acceptors (Lipinski definition) is 2. The van der Waals surface area contributed by atoms with Crippen LogP contribution in [0.3, 0.4) is 0 Å². The van der Waals surface area contributed by atoms with E-state index >= 15 is 0 Å². The molecule has 0 N–H and O–H groups in total. The van der Waals surface area contributed by atoms with Crippen LogP contribution in [0, 0.1) is 0 Å². The number of Topliss-reactive ketones (excluding diaryl/α,β-unsaturated/α-hetero) is 1. The molecule has 0 aromatic heterocycles. The normalized spacial score (nSPS) is 10.5. The third kappa shape index (κ3) is 4.68. The number of carbonyl (C=O) groups excluding carboxylic acids is 1. The fourth-order valence-corrected chi connectivity index (χ4v) is 1.43. The van der Waals surface area contributed by atoms with E-state index < -0.39 is 0 Å². The summed E-state index contributed by atoms with van der Waals surface area (Å²) in [5.41, 5.74) is 1.96. The minimum absolute atomic E-state index is 0.192. The number of ether oxygens (including phenoxy) is 1. The first kappa shape index (κ1) is 13.2. The highest BCUT2D eigenvalue weighted by atomic mass is 16.5. The molecule has 90 valence electrons. The molecule has 0 aliphatic rings. The van der Waals surface area contributed by atoms with Crippen molar-refractivity contribution in [3.05, 3.63) is 48.1 Å². The van der Waals surface area contributed by atoms with Crippen molar-refractivity contribution in [2.75, 3.05) is 7.11 Å². The highest BCUT2D eigenvalue weighted by Gasteiger charge is 1.98. The molecular weight excluding hydrogens is 212 g/mol. The fraction of sp³-hybridized carbons (Fsp3) is 0.267. The zero-order valence-electron chi connectivity index (χ0n) is 10.4. The second-order valence-corrected chi connectivity index (χ2v) is 3.94. The van der Waals surface area contributed by atoms with Gasteiger partial charge in [-0.25, -0.2) is 0 Å². The number of carbonyl (C=O) groups is 1. The molecule has 0 saturated carbocycles. The lowest BCUT2D eigenvalue weighted by atomic mass is 10.1. The summed E-state index contributed by atoms with van der Waals surface area (Å²) >= 11 is 0. The minimum atomic E-state index is 0.192. The van der Waals surface area contributed by atoms with Gasteiger partial charge in [-0.15, -0.1) is 0 Å². The molecule has 0 unspecified atom stereocenters. The number of hydrogen-bond donors (Lipinski definition) is 0. The molecule has 0 radical (unpaired) electrons. The molecule has 1 aromatic rings. The molecule has 0 heterocycles. The van der Waals surface area contributed by atoms with E-state index in [9.17, 15) is 4.79 Å². The van der Waals surface area contributed by atoms with Crippen molar-refractivity contribution in [2.45, 2.75) is 19.8 Å². The number of methoxy groups -OCH3 is 1. The molecule has 0 aliphatic heterocycles. The van der Waals surface area contributed by atoms with Crippen molar-refractivity contribution in [2.24, 2.45) is 0 Å². The van der Waals surface area contributed by atoms with Crippen LogP contribution in [0.1, 0.15) is 25.3 Å². The van der Waals surface area contributed by atoms with Gasteiger partial charge in [0.15, 0.2) is 0 Å². The Balaban J connectivity index is 2.63. The molecule has 17 heavy (non-hydrogen) atoms. The standard InChI is InChI=1S/C15H18O2/c1-12(8-10-13(2)16)9-11-14-6-4-5-7-15(14)17-3/h4-7,9,11H,1,8,10H2,2-3H3/b11-9+. The summed E-state index contributed by atoms with van der Waals surface area (Å²) in [5, 5.41) is 0. The molecule has 0 saturated heterocycles. The van der Waals surface area contributed by atoms with Crippen LogP contribution < -0.4 is 4.74 Å². The van der Waals surface area contributed by atoms with E-state index in [0.717, 1.165) is 16.9 Å². The molecule has 0 atom stereocenters. The highest BCUT2D eigenvalue weighted by Crippen LogP contribution is 2.19. The van der Waals surface area contributed by atoms with Crippen LogP contribution in [0.4, 0.5) is 0 Å². The van der Waals surface area contributed by atoms with E-state index in [1.54, 1.807) is 14.0 Å². The van der Waals surface area contributed by atoms with Crippen LogP contribution in [-0.4, -0.2) is 12.9 Å². The quantitative estimate of drug-likeness (QED) is 0.697. The van der Waals surface area contributed by atoms with Crippen LogP contribution in [0.2, 0.25) is 0 Å².